The summed E-state index contributed by atoms with van der Waals surface area (Å²) in [6.07, 6.45) is 2.68. The van der Waals surface area contributed by atoms with E-state index in [1.165, 1.54) is 11.3 Å². The van der Waals surface area contributed by atoms with Crippen LogP contribution in [0.4, 0.5) is 5.13 Å². The molecule has 35 heavy (non-hydrogen) atoms. The third kappa shape index (κ3) is 7.13. The minimum absolute atomic E-state index is 0.0512. The molecule has 2 N–H and O–H groups in total. The number of ether oxygens (including phenoxy) is 1. The van der Waals surface area contributed by atoms with Crippen molar-refractivity contribution in [2.24, 2.45) is 0 Å². The fourth-order valence-corrected chi connectivity index (χ4v) is 4.36. The van der Waals surface area contributed by atoms with E-state index in [4.69, 9.17) is 4.74 Å². The van der Waals surface area contributed by atoms with E-state index >= 15 is 0 Å². The molecule has 3 aromatic rings. The van der Waals surface area contributed by atoms with E-state index in [9.17, 15) is 14.4 Å². The molecule has 0 saturated heterocycles. The van der Waals surface area contributed by atoms with Crippen molar-refractivity contribution in [3.8, 4) is 5.75 Å². The van der Waals surface area contributed by atoms with Crippen molar-refractivity contribution in [1.29, 1.82) is 0 Å². The first-order chi connectivity index (χ1) is 17.0. The van der Waals surface area contributed by atoms with Crippen molar-refractivity contribution < 1.29 is 19.1 Å². The number of hydrogen-bond donors (Lipinski definition) is 2. The van der Waals surface area contributed by atoms with Crippen LogP contribution in [0.25, 0.3) is 0 Å². The average Bonchev–Trinajstić information content (AvgIpc) is 3.63. The van der Waals surface area contributed by atoms with Gasteiger partial charge in [0.15, 0.2) is 5.13 Å². The van der Waals surface area contributed by atoms with Crippen molar-refractivity contribution in [2.45, 2.75) is 31.7 Å². The molecule has 0 bridgehead atoms. The first-order valence-corrected chi connectivity index (χ1v) is 12.4. The van der Waals surface area contributed by atoms with E-state index in [2.05, 4.69) is 15.6 Å². The van der Waals surface area contributed by atoms with Crippen molar-refractivity contribution >= 4 is 34.2 Å². The topological polar surface area (TPSA) is 101 Å². The Kier molecular flexibility index (Phi) is 8.10. The Hall–Kier alpha value is -3.72. The normalized spacial score (nSPS) is 12.6. The van der Waals surface area contributed by atoms with E-state index in [1.807, 2.05) is 30.3 Å². The molecule has 0 radical (unpaired) electrons. The maximum Gasteiger partial charge on any atom is 0.254 e. The quantitative estimate of drug-likeness (QED) is 0.428. The molecular weight excluding hydrogens is 464 g/mol. The summed E-state index contributed by atoms with van der Waals surface area (Å²) in [5, 5.41) is 7.83. The van der Waals surface area contributed by atoms with Gasteiger partial charge in [-0.2, -0.15) is 0 Å². The van der Waals surface area contributed by atoms with Crippen LogP contribution in [0, 0.1) is 0 Å². The molecule has 1 saturated carbocycles. The lowest BCUT2D eigenvalue weighted by Crippen LogP contribution is -2.39. The standard InChI is InChI=1S/C26H28N4O4S/c1-34-22-11-7-19(8-12-22)25(33)30(21-9-10-21)16-24(32)29-26-28-20(17-35-26)15-23(31)27-14-13-18-5-3-2-4-6-18/h2-8,11-12,17,21H,9-10,13-16H2,1H3,(H,27,31)(H,28,29,32). The zero-order valence-corrected chi connectivity index (χ0v) is 20.3. The maximum atomic E-state index is 13.0. The number of carbonyl (C=O) groups is 3. The van der Waals surface area contributed by atoms with Gasteiger partial charge in [-0.1, -0.05) is 30.3 Å². The summed E-state index contributed by atoms with van der Waals surface area (Å²) in [5.41, 5.74) is 2.27. The van der Waals surface area contributed by atoms with Crippen LogP contribution >= 0.6 is 11.3 Å². The summed E-state index contributed by atoms with van der Waals surface area (Å²) in [7, 11) is 1.57. The van der Waals surface area contributed by atoms with Gasteiger partial charge in [0.25, 0.3) is 5.91 Å². The predicted molar refractivity (Wildman–Crippen MR) is 135 cm³/mol. The zero-order chi connectivity index (χ0) is 24.6. The van der Waals surface area contributed by atoms with Crippen LogP contribution in [0.5, 0.6) is 5.75 Å². The monoisotopic (exact) mass is 492 g/mol. The molecule has 3 amide bonds. The molecule has 1 aliphatic carbocycles. The lowest BCUT2D eigenvalue weighted by atomic mass is 10.1. The number of nitrogens with zero attached hydrogens (tertiary/aromatic N) is 2. The van der Waals surface area contributed by atoms with E-state index in [-0.39, 0.29) is 36.7 Å². The van der Waals surface area contributed by atoms with Crippen molar-refractivity contribution in [2.75, 3.05) is 25.5 Å². The largest absolute Gasteiger partial charge is 0.497 e. The number of benzene rings is 2. The van der Waals surface area contributed by atoms with E-state index in [0.717, 1.165) is 24.8 Å². The average molecular weight is 493 g/mol. The molecule has 1 heterocycles. The maximum absolute atomic E-state index is 13.0. The molecule has 0 unspecified atom stereocenters. The van der Waals surface area contributed by atoms with Crippen LogP contribution in [0.2, 0.25) is 0 Å². The minimum atomic E-state index is -0.313. The Morgan fingerprint density at radius 2 is 1.80 bits per heavy atom. The highest BCUT2D eigenvalue weighted by Gasteiger charge is 2.34. The Balaban J connectivity index is 1.25. The Morgan fingerprint density at radius 3 is 2.49 bits per heavy atom. The van der Waals surface area contributed by atoms with Gasteiger partial charge in [0.1, 0.15) is 12.3 Å². The van der Waals surface area contributed by atoms with Gasteiger partial charge in [-0.3, -0.25) is 14.4 Å². The molecule has 0 aliphatic heterocycles. The van der Waals surface area contributed by atoms with Gasteiger partial charge in [0.2, 0.25) is 11.8 Å². The third-order valence-electron chi connectivity index (χ3n) is 5.62. The van der Waals surface area contributed by atoms with Gasteiger partial charge >= 0.3 is 0 Å². The zero-order valence-electron chi connectivity index (χ0n) is 19.5. The van der Waals surface area contributed by atoms with E-state index in [0.29, 0.717) is 28.7 Å². The van der Waals surface area contributed by atoms with Crippen molar-refractivity contribution in [1.82, 2.24) is 15.2 Å². The Bertz CT molecular complexity index is 1160. The molecule has 9 heteroatoms. The number of nitrogens with one attached hydrogen (secondary N) is 2. The number of thiazole rings is 1. The third-order valence-corrected chi connectivity index (χ3v) is 6.42. The Morgan fingerprint density at radius 1 is 1.06 bits per heavy atom. The first kappa shape index (κ1) is 24.4. The minimum Gasteiger partial charge on any atom is -0.497 e. The number of anilines is 1. The summed E-state index contributed by atoms with van der Waals surface area (Å²) in [6.45, 7) is 0.500. The summed E-state index contributed by atoms with van der Waals surface area (Å²) < 4.78 is 5.14. The molecule has 0 atom stereocenters. The van der Waals surface area contributed by atoms with E-state index < -0.39 is 0 Å². The summed E-state index contributed by atoms with van der Waals surface area (Å²) in [5.74, 6) is 0.0556. The lowest BCUT2D eigenvalue weighted by Gasteiger charge is -2.21. The predicted octanol–water partition coefficient (Wildman–Crippen LogP) is 3.30. The second kappa shape index (κ2) is 11.6. The fourth-order valence-electron chi connectivity index (χ4n) is 3.63. The summed E-state index contributed by atoms with van der Waals surface area (Å²) in [4.78, 5) is 43.8. The molecule has 4 rings (SSSR count). The summed E-state index contributed by atoms with van der Waals surface area (Å²) >= 11 is 1.26. The molecule has 1 aromatic heterocycles. The van der Waals surface area contributed by atoms with E-state index in [1.54, 1.807) is 41.7 Å². The summed E-state index contributed by atoms with van der Waals surface area (Å²) in [6, 6.07) is 16.9. The van der Waals surface area contributed by atoms with Gasteiger partial charge < -0.3 is 20.3 Å². The first-order valence-electron chi connectivity index (χ1n) is 11.5. The number of rotatable bonds is 11. The van der Waals surface area contributed by atoms with Gasteiger partial charge in [-0.25, -0.2) is 4.98 Å². The van der Waals surface area contributed by atoms with Crippen LogP contribution in [-0.2, 0) is 22.4 Å². The number of hydrogen-bond acceptors (Lipinski definition) is 6. The highest BCUT2D eigenvalue weighted by atomic mass is 32.1. The van der Waals surface area contributed by atoms with Crippen LogP contribution in [-0.4, -0.2) is 53.8 Å². The smallest absolute Gasteiger partial charge is 0.254 e. The highest BCUT2D eigenvalue weighted by Crippen LogP contribution is 2.28. The van der Waals surface area contributed by atoms with Crippen LogP contribution in [0.15, 0.2) is 60.0 Å². The van der Waals surface area contributed by atoms with Crippen LogP contribution in [0.3, 0.4) is 0 Å². The second-order valence-electron chi connectivity index (χ2n) is 8.35. The number of carbonyl (C=O) groups excluding carboxylic acids is 3. The number of methoxy groups -OCH3 is 1. The highest BCUT2D eigenvalue weighted by molar-refractivity contribution is 7.13. The van der Waals surface area contributed by atoms with Gasteiger partial charge in [0, 0.05) is 23.5 Å². The van der Waals surface area contributed by atoms with Crippen molar-refractivity contribution in [3.63, 3.8) is 0 Å². The van der Waals surface area contributed by atoms with Gasteiger partial charge in [-0.05, 0) is 49.1 Å². The fraction of sp³-hybridized carbons (Fsp3) is 0.308. The number of amides is 3. The molecule has 182 valence electrons. The Labute approximate surface area is 208 Å². The molecular formula is C26H28N4O4S. The van der Waals surface area contributed by atoms with Gasteiger partial charge in [0.05, 0.1) is 19.2 Å². The molecule has 2 aromatic carbocycles. The molecule has 1 aliphatic rings. The van der Waals surface area contributed by atoms with Crippen LogP contribution < -0.4 is 15.4 Å². The SMILES string of the molecule is COc1ccc(C(=O)N(CC(=O)Nc2nc(CC(=O)NCCc3ccccc3)cs2)C2CC2)cc1. The van der Waals surface area contributed by atoms with Crippen LogP contribution in [0.1, 0.15) is 34.5 Å². The lowest BCUT2D eigenvalue weighted by molar-refractivity contribution is -0.120. The number of aromatic nitrogens is 1. The molecule has 0 spiro atoms. The second-order valence-corrected chi connectivity index (χ2v) is 9.21. The molecule has 1 fully saturated rings. The molecule has 8 nitrogen and oxygen atoms in total. The van der Waals surface area contributed by atoms with Gasteiger partial charge in [-0.15, -0.1) is 11.3 Å². The van der Waals surface area contributed by atoms with Crippen molar-refractivity contribution in [3.05, 3.63) is 76.8 Å².